The van der Waals surface area contributed by atoms with Gasteiger partial charge in [-0.2, -0.15) is 0 Å². The van der Waals surface area contributed by atoms with Crippen LogP contribution in [0.2, 0.25) is 0 Å². The predicted octanol–water partition coefficient (Wildman–Crippen LogP) is 1.18. The maximum atomic E-state index is 11.8. The number of carbonyl (C=O) groups excluding carboxylic acids is 1. The summed E-state index contributed by atoms with van der Waals surface area (Å²) < 4.78 is 10.5. The summed E-state index contributed by atoms with van der Waals surface area (Å²) in [4.78, 5) is 15.5. The molecule has 1 aromatic carbocycles. The van der Waals surface area contributed by atoms with Gasteiger partial charge in [0, 0.05) is 5.69 Å². The molecule has 1 heterocycles. The van der Waals surface area contributed by atoms with Crippen LogP contribution in [0.1, 0.15) is 38.2 Å². The molecule has 0 saturated heterocycles. The minimum absolute atomic E-state index is 0.106. The van der Waals surface area contributed by atoms with Crippen molar-refractivity contribution in [1.82, 2.24) is 4.98 Å². The first-order valence-electron chi connectivity index (χ1n) is 7.48. The number of aromatic nitrogens is 1. The molecule has 0 bridgehead atoms. The van der Waals surface area contributed by atoms with Crippen molar-refractivity contribution in [3.05, 3.63) is 42.6 Å². The molecule has 3 N–H and O–H groups in total. The third-order valence-corrected chi connectivity index (χ3v) is 3.99. The Morgan fingerprint density at radius 2 is 1.88 bits per heavy atom. The standard InChI is InChI=1S/C16H21BN2O5/c1-15(2,21)16(3,4)24-17(22)11-5-7-12(8-6-11)19-14(20)13-9-18-10-23-13/h5-10,21-22H,1-4H3,(H,19,20). The molecule has 0 fully saturated rings. The van der Waals surface area contributed by atoms with E-state index in [0.717, 1.165) is 0 Å². The monoisotopic (exact) mass is 332 g/mol. The van der Waals surface area contributed by atoms with Gasteiger partial charge in [0.2, 0.25) is 5.76 Å². The first-order valence-corrected chi connectivity index (χ1v) is 7.48. The van der Waals surface area contributed by atoms with Crippen molar-refractivity contribution in [2.24, 2.45) is 0 Å². The number of nitrogens with one attached hydrogen (secondary N) is 1. The fourth-order valence-electron chi connectivity index (χ4n) is 1.74. The Labute approximate surface area is 140 Å². The quantitative estimate of drug-likeness (QED) is 0.686. The van der Waals surface area contributed by atoms with Gasteiger partial charge in [0.05, 0.1) is 17.4 Å². The highest BCUT2D eigenvalue weighted by Crippen LogP contribution is 2.25. The summed E-state index contributed by atoms with van der Waals surface area (Å²) in [5.41, 5.74) is -1.04. The number of hydrogen-bond acceptors (Lipinski definition) is 6. The van der Waals surface area contributed by atoms with Gasteiger partial charge in [0.1, 0.15) is 0 Å². The molecule has 0 spiro atoms. The highest BCUT2D eigenvalue weighted by molar-refractivity contribution is 6.60. The average molecular weight is 332 g/mol. The highest BCUT2D eigenvalue weighted by atomic mass is 16.5. The molecule has 1 amide bonds. The molecule has 2 rings (SSSR count). The Balaban J connectivity index is 2.02. The second-order valence-corrected chi connectivity index (χ2v) is 6.48. The summed E-state index contributed by atoms with van der Waals surface area (Å²) in [6.45, 7) is 6.62. The number of nitrogens with zero attached hydrogens (tertiary/aromatic N) is 1. The third kappa shape index (κ3) is 4.22. The number of anilines is 1. The van der Waals surface area contributed by atoms with Gasteiger partial charge in [0.15, 0.2) is 6.39 Å². The maximum absolute atomic E-state index is 11.8. The zero-order valence-corrected chi connectivity index (χ0v) is 14.1. The zero-order valence-electron chi connectivity index (χ0n) is 14.1. The third-order valence-electron chi connectivity index (χ3n) is 3.99. The van der Waals surface area contributed by atoms with Gasteiger partial charge < -0.3 is 24.5 Å². The van der Waals surface area contributed by atoms with E-state index in [1.54, 1.807) is 52.0 Å². The number of aliphatic hydroxyl groups is 1. The first kappa shape index (κ1) is 18.2. The highest BCUT2D eigenvalue weighted by Gasteiger charge is 2.39. The minimum atomic E-state index is -1.20. The topological polar surface area (TPSA) is 105 Å². The van der Waals surface area contributed by atoms with E-state index in [9.17, 15) is 14.9 Å². The normalized spacial score (nSPS) is 12.1. The Hall–Kier alpha value is -2.16. The van der Waals surface area contributed by atoms with E-state index in [0.29, 0.717) is 11.2 Å². The Bertz CT molecular complexity index is 677. The molecule has 0 aliphatic heterocycles. The van der Waals surface area contributed by atoms with Crippen molar-refractivity contribution < 1.29 is 24.0 Å². The second kappa shape index (κ2) is 6.76. The molecule has 0 aliphatic rings. The Morgan fingerprint density at radius 3 is 2.38 bits per heavy atom. The number of benzene rings is 1. The lowest BCUT2D eigenvalue weighted by Gasteiger charge is -2.38. The van der Waals surface area contributed by atoms with E-state index in [4.69, 9.17) is 9.07 Å². The molecule has 7 nitrogen and oxygen atoms in total. The number of carbonyl (C=O) groups is 1. The summed E-state index contributed by atoms with van der Waals surface area (Å²) in [6, 6.07) is 6.52. The Kier molecular flexibility index (Phi) is 5.12. The molecule has 0 radical (unpaired) electrons. The molecule has 2 aromatic rings. The van der Waals surface area contributed by atoms with Crippen LogP contribution in [0.5, 0.6) is 0 Å². The number of amides is 1. The van der Waals surface area contributed by atoms with Crippen LogP contribution in [0, 0.1) is 0 Å². The zero-order chi connectivity index (χ0) is 18.0. The van der Waals surface area contributed by atoms with Gasteiger partial charge in [-0.05, 0) is 45.3 Å². The molecule has 8 heteroatoms. The van der Waals surface area contributed by atoms with Gasteiger partial charge in [-0.3, -0.25) is 4.79 Å². The second-order valence-electron chi connectivity index (χ2n) is 6.48. The summed E-state index contributed by atoms with van der Waals surface area (Å²) in [5.74, 6) is -0.311. The van der Waals surface area contributed by atoms with Gasteiger partial charge in [-0.15, -0.1) is 0 Å². The largest absolute Gasteiger partial charge is 0.491 e. The van der Waals surface area contributed by atoms with Crippen molar-refractivity contribution in [1.29, 1.82) is 0 Å². The summed E-state index contributed by atoms with van der Waals surface area (Å²) in [5, 5.41) is 22.9. The summed E-state index contributed by atoms with van der Waals surface area (Å²) in [7, 11) is -1.20. The van der Waals surface area contributed by atoms with Gasteiger partial charge in [-0.25, -0.2) is 4.98 Å². The van der Waals surface area contributed by atoms with E-state index in [1.807, 2.05) is 0 Å². The van der Waals surface area contributed by atoms with Crippen LogP contribution in [0.25, 0.3) is 0 Å². The number of hydrogen-bond donors (Lipinski definition) is 3. The molecule has 0 saturated carbocycles. The Morgan fingerprint density at radius 1 is 1.25 bits per heavy atom. The van der Waals surface area contributed by atoms with Crippen LogP contribution in [-0.2, 0) is 4.65 Å². The van der Waals surface area contributed by atoms with Crippen molar-refractivity contribution >= 4 is 24.2 Å². The predicted molar refractivity (Wildman–Crippen MR) is 90.0 cm³/mol. The molecular formula is C16H21BN2O5. The van der Waals surface area contributed by atoms with E-state index in [2.05, 4.69) is 10.3 Å². The lowest BCUT2D eigenvalue weighted by molar-refractivity contribution is -0.0982. The van der Waals surface area contributed by atoms with Crippen LogP contribution in [0.4, 0.5) is 5.69 Å². The molecule has 1 aromatic heterocycles. The number of rotatable bonds is 6. The van der Waals surface area contributed by atoms with Crippen LogP contribution in [0.3, 0.4) is 0 Å². The summed E-state index contributed by atoms with van der Waals surface area (Å²) >= 11 is 0. The van der Waals surface area contributed by atoms with Crippen molar-refractivity contribution in [2.45, 2.75) is 38.9 Å². The van der Waals surface area contributed by atoms with E-state index >= 15 is 0 Å². The molecule has 24 heavy (non-hydrogen) atoms. The average Bonchev–Trinajstić information content (AvgIpc) is 3.00. The molecule has 0 unspecified atom stereocenters. The first-order chi connectivity index (χ1) is 11.1. The number of oxazole rings is 1. The molecular weight excluding hydrogens is 311 g/mol. The van der Waals surface area contributed by atoms with E-state index in [1.165, 1.54) is 12.6 Å². The summed E-state index contributed by atoms with van der Waals surface area (Å²) in [6.07, 6.45) is 2.50. The van der Waals surface area contributed by atoms with Crippen LogP contribution >= 0.6 is 0 Å². The van der Waals surface area contributed by atoms with Crippen molar-refractivity contribution in [3.63, 3.8) is 0 Å². The minimum Gasteiger partial charge on any atom is -0.438 e. The molecule has 0 aliphatic carbocycles. The van der Waals surface area contributed by atoms with Gasteiger partial charge in [-0.1, -0.05) is 12.1 Å². The van der Waals surface area contributed by atoms with Crippen LogP contribution in [-0.4, -0.2) is 39.3 Å². The van der Waals surface area contributed by atoms with Crippen molar-refractivity contribution in [3.8, 4) is 0 Å². The van der Waals surface area contributed by atoms with E-state index in [-0.39, 0.29) is 5.76 Å². The fourth-order valence-corrected chi connectivity index (χ4v) is 1.74. The smallest absolute Gasteiger partial charge is 0.438 e. The van der Waals surface area contributed by atoms with Gasteiger partial charge in [0.25, 0.3) is 5.91 Å². The lowest BCUT2D eigenvalue weighted by atomic mass is 9.76. The van der Waals surface area contributed by atoms with E-state index < -0.39 is 24.2 Å². The van der Waals surface area contributed by atoms with Crippen LogP contribution < -0.4 is 10.8 Å². The molecule has 0 atom stereocenters. The maximum Gasteiger partial charge on any atom is 0.491 e. The SMILES string of the molecule is CC(C)(O)C(C)(C)OB(O)c1ccc(NC(=O)c2cnco2)cc1. The molecule has 128 valence electrons. The van der Waals surface area contributed by atoms with Crippen molar-refractivity contribution in [2.75, 3.05) is 5.32 Å². The lowest BCUT2D eigenvalue weighted by Crippen LogP contribution is -2.53. The van der Waals surface area contributed by atoms with Crippen LogP contribution in [0.15, 0.2) is 41.3 Å². The fraction of sp³-hybridized carbons (Fsp3) is 0.375. The van der Waals surface area contributed by atoms with Gasteiger partial charge >= 0.3 is 7.12 Å².